The van der Waals surface area contributed by atoms with Crippen LogP contribution in [0.5, 0.6) is 0 Å². The van der Waals surface area contributed by atoms with Crippen LogP contribution in [0.3, 0.4) is 0 Å². The van der Waals surface area contributed by atoms with Gasteiger partial charge in [-0.2, -0.15) is 16.9 Å². The lowest BCUT2D eigenvalue weighted by Gasteiger charge is -2.20. The summed E-state index contributed by atoms with van der Waals surface area (Å²) in [6, 6.07) is -0.290. The fourth-order valence-electron chi connectivity index (χ4n) is 1.47. The number of nitrogens with zero attached hydrogens (tertiary/aromatic N) is 2. The quantitative estimate of drug-likeness (QED) is 0.888. The molecule has 0 saturated heterocycles. The Morgan fingerprint density at radius 3 is 2.53 bits per heavy atom. The molecule has 1 N–H and O–H groups in total. The molecule has 0 fully saturated rings. The standard InChI is InChI=1S/C10H14F2N2O2S/c1-5(6(2)17-3)14-8(9(11)12)7(4-13-14)10(15)16/h4-6,9H,1-3H3,(H,15,16). The number of hydrogen-bond acceptors (Lipinski definition) is 3. The van der Waals surface area contributed by atoms with Gasteiger partial charge >= 0.3 is 5.97 Å². The Morgan fingerprint density at radius 1 is 1.53 bits per heavy atom. The van der Waals surface area contributed by atoms with Crippen molar-refractivity contribution in [1.82, 2.24) is 9.78 Å². The molecule has 4 nitrogen and oxygen atoms in total. The Bertz CT molecular complexity index is 409. The van der Waals surface area contributed by atoms with E-state index in [-0.39, 0.29) is 11.3 Å². The molecule has 2 unspecified atom stereocenters. The summed E-state index contributed by atoms with van der Waals surface area (Å²) in [6.07, 6.45) is -0.00169. The van der Waals surface area contributed by atoms with Gasteiger partial charge in [0.15, 0.2) is 0 Å². The summed E-state index contributed by atoms with van der Waals surface area (Å²) >= 11 is 1.51. The van der Waals surface area contributed by atoms with Crippen molar-refractivity contribution < 1.29 is 18.7 Å². The Morgan fingerprint density at radius 2 is 2.12 bits per heavy atom. The number of halogens is 2. The molecule has 0 amide bonds. The van der Waals surface area contributed by atoms with Crippen LogP contribution in [0.25, 0.3) is 0 Å². The predicted molar refractivity (Wildman–Crippen MR) is 61.8 cm³/mol. The Hall–Kier alpha value is -1.11. The number of carbonyl (C=O) groups is 1. The summed E-state index contributed by atoms with van der Waals surface area (Å²) < 4.78 is 26.9. The number of rotatable bonds is 5. The SMILES string of the molecule is CSC(C)C(C)n1ncc(C(=O)O)c1C(F)F. The average molecular weight is 264 g/mol. The second kappa shape index (κ2) is 5.48. The van der Waals surface area contributed by atoms with Gasteiger partial charge in [-0.15, -0.1) is 0 Å². The monoisotopic (exact) mass is 264 g/mol. The largest absolute Gasteiger partial charge is 0.478 e. The Balaban J connectivity index is 3.21. The molecule has 1 aromatic heterocycles. The van der Waals surface area contributed by atoms with Crippen molar-refractivity contribution in [3.63, 3.8) is 0 Å². The van der Waals surface area contributed by atoms with Gasteiger partial charge in [-0.05, 0) is 13.2 Å². The molecule has 1 rings (SSSR count). The van der Waals surface area contributed by atoms with Gasteiger partial charge < -0.3 is 5.11 Å². The van der Waals surface area contributed by atoms with Gasteiger partial charge in [0.05, 0.1) is 12.2 Å². The van der Waals surface area contributed by atoms with E-state index in [1.54, 1.807) is 6.92 Å². The molecular weight excluding hydrogens is 250 g/mol. The number of carboxylic acids is 1. The third kappa shape index (κ3) is 2.77. The van der Waals surface area contributed by atoms with E-state index in [9.17, 15) is 13.6 Å². The maximum atomic E-state index is 12.9. The van der Waals surface area contributed by atoms with Crippen LogP contribution in [-0.4, -0.2) is 32.4 Å². The van der Waals surface area contributed by atoms with Crippen molar-refractivity contribution in [3.8, 4) is 0 Å². The summed E-state index contributed by atoms with van der Waals surface area (Å²) in [6.45, 7) is 3.62. The van der Waals surface area contributed by atoms with Crippen LogP contribution in [0.2, 0.25) is 0 Å². The maximum Gasteiger partial charge on any atom is 0.339 e. The van der Waals surface area contributed by atoms with E-state index in [2.05, 4.69) is 5.10 Å². The molecule has 1 aromatic rings. The molecular formula is C10H14F2N2O2S. The van der Waals surface area contributed by atoms with Crippen LogP contribution in [0.4, 0.5) is 8.78 Å². The van der Waals surface area contributed by atoms with E-state index in [0.29, 0.717) is 0 Å². The van der Waals surface area contributed by atoms with Crippen molar-refractivity contribution in [2.24, 2.45) is 0 Å². The predicted octanol–water partition coefficient (Wildman–Crippen LogP) is 2.83. The van der Waals surface area contributed by atoms with Crippen molar-refractivity contribution in [3.05, 3.63) is 17.5 Å². The first kappa shape index (κ1) is 14.0. The summed E-state index contributed by atoms with van der Waals surface area (Å²) in [5.74, 6) is -1.38. The van der Waals surface area contributed by atoms with Crippen LogP contribution >= 0.6 is 11.8 Å². The van der Waals surface area contributed by atoms with Crippen molar-refractivity contribution in [2.45, 2.75) is 31.6 Å². The molecule has 96 valence electrons. The zero-order chi connectivity index (χ0) is 13.2. The second-order valence-corrected chi connectivity index (χ2v) is 4.89. The number of aromatic nitrogens is 2. The number of aromatic carboxylic acids is 1. The minimum Gasteiger partial charge on any atom is -0.478 e. The Kier molecular flexibility index (Phi) is 4.50. The zero-order valence-electron chi connectivity index (χ0n) is 9.72. The lowest BCUT2D eigenvalue weighted by molar-refractivity contribution is 0.0681. The molecule has 2 atom stereocenters. The first-order valence-electron chi connectivity index (χ1n) is 5.01. The second-order valence-electron chi connectivity index (χ2n) is 3.68. The van der Waals surface area contributed by atoms with Gasteiger partial charge in [0.2, 0.25) is 0 Å². The van der Waals surface area contributed by atoms with Crippen molar-refractivity contribution in [1.29, 1.82) is 0 Å². The zero-order valence-corrected chi connectivity index (χ0v) is 10.5. The molecule has 1 heterocycles. The molecule has 0 aromatic carbocycles. The van der Waals surface area contributed by atoms with E-state index in [1.165, 1.54) is 11.8 Å². The molecule has 0 saturated carbocycles. The van der Waals surface area contributed by atoms with Crippen molar-refractivity contribution >= 4 is 17.7 Å². The van der Waals surface area contributed by atoms with E-state index in [1.807, 2.05) is 13.2 Å². The summed E-state index contributed by atoms with van der Waals surface area (Å²) in [7, 11) is 0. The number of thioether (sulfide) groups is 1. The Labute approximate surface area is 102 Å². The van der Waals surface area contributed by atoms with Crippen LogP contribution in [0.15, 0.2) is 6.20 Å². The third-order valence-electron chi connectivity index (χ3n) is 2.71. The topological polar surface area (TPSA) is 55.1 Å². The van der Waals surface area contributed by atoms with Gasteiger partial charge in [0, 0.05) is 5.25 Å². The normalized spacial score (nSPS) is 14.9. The molecule has 0 aliphatic rings. The van der Waals surface area contributed by atoms with Crippen LogP contribution in [0, 0.1) is 0 Å². The lowest BCUT2D eigenvalue weighted by atomic mass is 10.2. The van der Waals surface area contributed by atoms with Gasteiger partial charge in [-0.1, -0.05) is 6.92 Å². The molecule has 17 heavy (non-hydrogen) atoms. The van der Waals surface area contributed by atoms with Gasteiger partial charge in [0.25, 0.3) is 6.43 Å². The van der Waals surface area contributed by atoms with Crippen LogP contribution in [-0.2, 0) is 0 Å². The molecule has 0 aliphatic heterocycles. The lowest BCUT2D eigenvalue weighted by Crippen LogP contribution is -2.20. The molecule has 0 bridgehead atoms. The fraction of sp³-hybridized carbons (Fsp3) is 0.600. The third-order valence-corrected chi connectivity index (χ3v) is 3.85. The minimum absolute atomic E-state index is 0.0639. The number of alkyl halides is 2. The molecule has 0 aliphatic carbocycles. The highest BCUT2D eigenvalue weighted by Gasteiger charge is 2.28. The summed E-state index contributed by atoms with van der Waals surface area (Å²) in [5.41, 5.74) is -0.953. The smallest absolute Gasteiger partial charge is 0.339 e. The first-order valence-corrected chi connectivity index (χ1v) is 6.30. The number of carboxylic acid groups (broad SMARTS) is 1. The van der Waals surface area contributed by atoms with Gasteiger partial charge in [-0.3, -0.25) is 4.68 Å². The summed E-state index contributed by atoms with van der Waals surface area (Å²) in [5, 5.41) is 12.6. The van der Waals surface area contributed by atoms with E-state index >= 15 is 0 Å². The fourth-order valence-corrected chi connectivity index (χ4v) is 1.98. The van der Waals surface area contributed by atoms with Gasteiger partial charge in [-0.25, -0.2) is 13.6 Å². The van der Waals surface area contributed by atoms with Gasteiger partial charge in [0.1, 0.15) is 11.3 Å². The van der Waals surface area contributed by atoms with Crippen LogP contribution < -0.4 is 0 Å². The van der Waals surface area contributed by atoms with Crippen LogP contribution in [0.1, 0.15) is 42.4 Å². The maximum absolute atomic E-state index is 12.9. The average Bonchev–Trinajstić information content (AvgIpc) is 2.71. The van der Waals surface area contributed by atoms with Crippen molar-refractivity contribution in [2.75, 3.05) is 6.26 Å². The molecule has 0 radical (unpaired) electrons. The minimum atomic E-state index is -2.85. The highest BCUT2D eigenvalue weighted by Crippen LogP contribution is 2.29. The highest BCUT2D eigenvalue weighted by molar-refractivity contribution is 7.99. The molecule has 0 spiro atoms. The highest BCUT2D eigenvalue weighted by atomic mass is 32.2. The first-order chi connectivity index (χ1) is 7.90. The summed E-state index contributed by atoms with van der Waals surface area (Å²) in [4.78, 5) is 10.8. The van der Waals surface area contributed by atoms with E-state index < -0.39 is 23.7 Å². The molecule has 7 heteroatoms. The number of hydrogen-bond donors (Lipinski definition) is 1. The van der Waals surface area contributed by atoms with E-state index in [0.717, 1.165) is 10.9 Å². The van der Waals surface area contributed by atoms with E-state index in [4.69, 9.17) is 5.11 Å².